The smallest absolute Gasteiger partial charge is 0.0537 e. The van der Waals surface area contributed by atoms with Gasteiger partial charge in [0.15, 0.2) is 0 Å². The quantitative estimate of drug-likeness (QED) is 0.664. The van der Waals surface area contributed by atoms with Crippen LogP contribution < -0.4 is 0 Å². The molecule has 2 aromatic rings. The lowest BCUT2D eigenvalue weighted by Crippen LogP contribution is -1.67. The summed E-state index contributed by atoms with van der Waals surface area (Å²) in [5.74, 6) is 0. The molecular weight excluding hydrogens is 257 g/mol. The van der Waals surface area contributed by atoms with E-state index in [4.69, 9.17) is 0 Å². The molecule has 0 aliphatic rings. The van der Waals surface area contributed by atoms with Gasteiger partial charge in [-0.1, -0.05) is 0 Å². The first-order valence-corrected chi connectivity index (χ1v) is 4.80. The van der Waals surface area contributed by atoms with Crippen molar-refractivity contribution in [1.82, 2.24) is 4.98 Å². The van der Waals surface area contributed by atoms with Crippen molar-refractivity contribution >= 4 is 44.0 Å². The average molecular weight is 261 g/mol. The SMILES string of the molecule is Ic1csc2cnccc12. The maximum absolute atomic E-state index is 4.03. The van der Waals surface area contributed by atoms with E-state index in [1.165, 1.54) is 13.7 Å². The number of pyridine rings is 1. The zero-order chi connectivity index (χ0) is 6.97. The molecule has 3 heteroatoms. The van der Waals surface area contributed by atoms with E-state index in [0.717, 1.165) is 0 Å². The lowest BCUT2D eigenvalue weighted by atomic mass is 10.3. The summed E-state index contributed by atoms with van der Waals surface area (Å²) in [6.45, 7) is 0. The summed E-state index contributed by atoms with van der Waals surface area (Å²) in [4.78, 5) is 4.03. The van der Waals surface area contributed by atoms with Gasteiger partial charge in [0.2, 0.25) is 0 Å². The van der Waals surface area contributed by atoms with E-state index >= 15 is 0 Å². The Kier molecular flexibility index (Phi) is 1.61. The fourth-order valence-corrected chi connectivity index (χ4v) is 2.67. The van der Waals surface area contributed by atoms with E-state index in [1.54, 1.807) is 11.3 Å². The normalized spacial score (nSPS) is 10.5. The Labute approximate surface area is 76.2 Å². The van der Waals surface area contributed by atoms with Gasteiger partial charge in [-0.2, -0.15) is 0 Å². The Morgan fingerprint density at radius 2 is 2.40 bits per heavy atom. The van der Waals surface area contributed by atoms with Crippen molar-refractivity contribution in [3.63, 3.8) is 0 Å². The molecule has 0 atom stereocenters. The summed E-state index contributed by atoms with van der Waals surface area (Å²) in [5, 5.41) is 3.47. The number of hydrogen-bond acceptors (Lipinski definition) is 2. The van der Waals surface area contributed by atoms with E-state index in [-0.39, 0.29) is 0 Å². The molecule has 0 saturated heterocycles. The minimum atomic E-state index is 1.27. The maximum Gasteiger partial charge on any atom is 0.0537 e. The van der Waals surface area contributed by atoms with E-state index in [9.17, 15) is 0 Å². The number of hydrogen-bond donors (Lipinski definition) is 0. The van der Waals surface area contributed by atoms with Gasteiger partial charge in [0, 0.05) is 26.7 Å². The molecule has 0 amide bonds. The number of aromatic nitrogens is 1. The molecule has 2 rings (SSSR count). The molecule has 0 bridgehead atoms. The molecular formula is C7H4INS. The van der Waals surface area contributed by atoms with Gasteiger partial charge in [-0.15, -0.1) is 11.3 Å². The third-order valence-electron chi connectivity index (χ3n) is 1.33. The van der Waals surface area contributed by atoms with Crippen LogP contribution in [0.1, 0.15) is 0 Å². The van der Waals surface area contributed by atoms with Crippen molar-refractivity contribution in [3.8, 4) is 0 Å². The second kappa shape index (κ2) is 2.47. The minimum Gasteiger partial charge on any atom is -0.263 e. The van der Waals surface area contributed by atoms with Crippen molar-refractivity contribution in [2.45, 2.75) is 0 Å². The molecule has 0 N–H and O–H groups in total. The molecule has 10 heavy (non-hydrogen) atoms. The van der Waals surface area contributed by atoms with Crippen LogP contribution in [0.5, 0.6) is 0 Å². The molecule has 0 unspecified atom stereocenters. The van der Waals surface area contributed by atoms with Crippen LogP contribution in [-0.4, -0.2) is 4.98 Å². The molecule has 0 fully saturated rings. The van der Waals surface area contributed by atoms with Crippen molar-refractivity contribution < 1.29 is 0 Å². The summed E-state index contributed by atoms with van der Waals surface area (Å²) < 4.78 is 2.59. The lowest BCUT2D eigenvalue weighted by molar-refractivity contribution is 1.37. The van der Waals surface area contributed by atoms with Gasteiger partial charge in [-0.05, 0) is 28.7 Å². The predicted molar refractivity (Wildman–Crippen MR) is 52.3 cm³/mol. The third-order valence-corrected chi connectivity index (χ3v) is 3.58. The van der Waals surface area contributed by atoms with Gasteiger partial charge in [0.1, 0.15) is 0 Å². The molecule has 0 aliphatic carbocycles. The number of rotatable bonds is 0. The van der Waals surface area contributed by atoms with E-state index in [1.807, 2.05) is 18.5 Å². The highest BCUT2D eigenvalue weighted by atomic mass is 127. The Morgan fingerprint density at radius 3 is 3.20 bits per heavy atom. The molecule has 2 aromatic heterocycles. The van der Waals surface area contributed by atoms with Crippen LogP contribution in [0.2, 0.25) is 0 Å². The zero-order valence-corrected chi connectivity index (χ0v) is 8.02. The Balaban J connectivity index is 2.93. The largest absolute Gasteiger partial charge is 0.263 e. The zero-order valence-electron chi connectivity index (χ0n) is 5.04. The first-order valence-electron chi connectivity index (χ1n) is 2.84. The lowest BCUT2D eigenvalue weighted by Gasteiger charge is -1.85. The third kappa shape index (κ3) is 0.932. The predicted octanol–water partition coefficient (Wildman–Crippen LogP) is 2.90. The van der Waals surface area contributed by atoms with Crippen LogP contribution in [0.25, 0.3) is 10.1 Å². The number of fused-ring (bicyclic) bond motifs is 1. The molecule has 50 valence electrons. The summed E-state index contributed by atoms with van der Waals surface area (Å²) in [6.07, 6.45) is 3.74. The fourth-order valence-electron chi connectivity index (χ4n) is 0.850. The summed E-state index contributed by atoms with van der Waals surface area (Å²) in [7, 11) is 0. The first-order chi connectivity index (χ1) is 4.88. The van der Waals surface area contributed by atoms with Crippen LogP contribution in [0.15, 0.2) is 23.8 Å². The van der Waals surface area contributed by atoms with Gasteiger partial charge < -0.3 is 0 Å². The summed E-state index contributed by atoms with van der Waals surface area (Å²) in [5.41, 5.74) is 0. The summed E-state index contributed by atoms with van der Waals surface area (Å²) in [6, 6.07) is 2.05. The topological polar surface area (TPSA) is 12.9 Å². The Hall–Kier alpha value is -0.160. The average Bonchev–Trinajstić information content (AvgIpc) is 2.34. The van der Waals surface area contributed by atoms with Gasteiger partial charge >= 0.3 is 0 Å². The van der Waals surface area contributed by atoms with Gasteiger partial charge in [-0.3, -0.25) is 4.98 Å². The van der Waals surface area contributed by atoms with E-state index < -0.39 is 0 Å². The number of halogens is 1. The Morgan fingerprint density at radius 1 is 1.50 bits per heavy atom. The monoisotopic (exact) mass is 261 g/mol. The molecule has 0 aromatic carbocycles. The van der Waals surface area contributed by atoms with Crippen LogP contribution in [0, 0.1) is 3.57 Å². The van der Waals surface area contributed by atoms with Crippen molar-refractivity contribution in [3.05, 3.63) is 27.4 Å². The highest BCUT2D eigenvalue weighted by Gasteiger charge is 1.97. The number of nitrogens with zero attached hydrogens (tertiary/aromatic N) is 1. The van der Waals surface area contributed by atoms with Crippen LogP contribution >= 0.6 is 33.9 Å². The highest BCUT2D eigenvalue weighted by molar-refractivity contribution is 14.1. The van der Waals surface area contributed by atoms with E-state index in [0.29, 0.717) is 0 Å². The number of thiophene rings is 1. The van der Waals surface area contributed by atoms with Crippen molar-refractivity contribution in [2.24, 2.45) is 0 Å². The second-order valence-corrected chi connectivity index (χ2v) is 4.03. The standard InChI is InChI=1S/C7H4INS/c8-6-4-10-7-3-9-2-1-5(6)7/h1-4H. The van der Waals surface area contributed by atoms with Crippen LogP contribution in [0.4, 0.5) is 0 Å². The minimum absolute atomic E-state index is 1.27. The van der Waals surface area contributed by atoms with Gasteiger partial charge in [0.05, 0.1) is 4.70 Å². The highest BCUT2D eigenvalue weighted by Crippen LogP contribution is 2.25. The van der Waals surface area contributed by atoms with E-state index in [2.05, 4.69) is 33.0 Å². The van der Waals surface area contributed by atoms with Crippen molar-refractivity contribution in [1.29, 1.82) is 0 Å². The Bertz CT molecular complexity index is 355. The molecule has 0 spiro atoms. The fraction of sp³-hybridized carbons (Fsp3) is 0. The molecule has 0 aliphatic heterocycles. The van der Waals surface area contributed by atoms with Crippen LogP contribution in [0.3, 0.4) is 0 Å². The van der Waals surface area contributed by atoms with Gasteiger partial charge in [-0.25, -0.2) is 0 Å². The maximum atomic E-state index is 4.03. The van der Waals surface area contributed by atoms with Crippen LogP contribution in [-0.2, 0) is 0 Å². The van der Waals surface area contributed by atoms with Gasteiger partial charge in [0.25, 0.3) is 0 Å². The van der Waals surface area contributed by atoms with Crippen molar-refractivity contribution in [2.75, 3.05) is 0 Å². The molecule has 1 nitrogen and oxygen atoms in total. The molecule has 0 radical (unpaired) electrons. The molecule has 0 saturated carbocycles. The molecule has 2 heterocycles. The first kappa shape index (κ1) is 6.54. The summed E-state index contributed by atoms with van der Waals surface area (Å²) >= 11 is 4.08. The second-order valence-electron chi connectivity index (χ2n) is 1.96.